The Morgan fingerprint density at radius 3 is 2.38 bits per heavy atom. The van der Waals surface area contributed by atoms with Crippen LogP contribution in [0.1, 0.15) is 57.1 Å². The summed E-state index contributed by atoms with van der Waals surface area (Å²) < 4.78 is 13.9. The highest BCUT2D eigenvalue weighted by Crippen LogP contribution is 2.44. The summed E-state index contributed by atoms with van der Waals surface area (Å²) in [4.78, 5) is 22.3. The van der Waals surface area contributed by atoms with Crippen molar-refractivity contribution in [1.29, 1.82) is 0 Å². The minimum absolute atomic E-state index is 0.103. The molecule has 1 N–H and O–H groups in total. The van der Waals surface area contributed by atoms with Gasteiger partial charge in [-0.1, -0.05) is 51.1 Å². The van der Waals surface area contributed by atoms with E-state index in [-0.39, 0.29) is 4.75 Å². The normalized spacial score (nSPS) is 12.0. The van der Waals surface area contributed by atoms with Gasteiger partial charge in [0.2, 0.25) is 5.88 Å². The maximum atomic E-state index is 12.4. The molecule has 0 aliphatic rings. The van der Waals surface area contributed by atoms with Gasteiger partial charge in [-0.25, -0.2) is 4.98 Å². The van der Waals surface area contributed by atoms with E-state index in [1.807, 2.05) is 43.5 Å². The molecule has 8 heteroatoms. The maximum absolute atomic E-state index is 12.4. The predicted molar refractivity (Wildman–Crippen MR) is 181 cm³/mol. The van der Waals surface area contributed by atoms with Crippen LogP contribution in [0.4, 0.5) is 0 Å². The highest BCUT2D eigenvalue weighted by Gasteiger charge is 2.33. The van der Waals surface area contributed by atoms with Crippen molar-refractivity contribution in [1.82, 2.24) is 14.5 Å². The number of carbonyl (C=O) groups is 1. The van der Waals surface area contributed by atoms with Crippen molar-refractivity contribution in [2.45, 2.75) is 70.8 Å². The summed E-state index contributed by atoms with van der Waals surface area (Å²) in [5, 5.41) is 11.2. The number of aliphatic carboxylic acids is 1. The van der Waals surface area contributed by atoms with Gasteiger partial charge in [-0.05, 0) is 73.9 Å². The Labute approximate surface area is 269 Å². The van der Waals surface area contributed by atoms with E-state index >= 15 is 0 Å². The average Bonchev–Trinajstić information content (AvgIpc) is 3.26. The van der Waals surface area contributed by atoms with Crippen LogP contribution in [0.3, 0.4) is 0 Å². The van der Waals surface area contributed by atoms with Crippen LogP contribution in [0.2, 0.25) is 0 Å². The van der Waals surface area contributed by atoms with Crippen molar-refractivity contribution < 1.29 is 19.4 Å². The Morgan fingerprint density at radius 2 is 1.73 bits per heavy atom. The fourth-order valence-corrected chi connectivity index (χ4v) is 6.39. The van der Waals surface area contributed by atoms with Gasteiger partial charge < -0.3 is 19.1 Å². The van der Waals surface area contributed by atoms with Gasteiger partial charge in [0.25, 0.3) is 0 Å². The van der Waals surface area contributed by atoms with Gasteiger partial charge in [0.15, 0.2) is 0 Å². The second kappa shape index (κ2) is 13.0. The number of aryl methyl sites for hydroxylation is 1. The minimum Gasteiger partial charge on any atom is -0.487 e. The van der Waals surface area contributed by atoms with E-state index in [4.69, 9.17) is 9.47 Å². The fraction of sp³-hybridized carbons (Fsp3) is 0.324. The molecule has 0 unspecified atom stereocenters. The van der Waals surface area contributed by atoms with Crippen molar-refractivity contribution in [2.24, 2.45) is 5.41 Å². The summed E-state index contributed by atoms with van der Waals surface area (Å²) in [5.41, 5.74) is 6.10. The van der Waals surface area contributed by atoms with Crippen molar-refractivity contribution in [3.8, 4) is 22.8 Å². The Balaban J connectivity index is 1.58. The zero-order valence-electron chi connectivity index (χ0n) is 27.0. The topological polar surface area (TPSA) is 86.5 Å². The summed E-state index contributed by atoms with van der Waals surface area (Å²) in [6, 6.07) is 22.5. The summed E-state index contributed by atoms with van der Waals surface area (Å²) >= 11 is 1.77. The molecule has 3 heterocycles. The van der Waals surface area contributed by atoms with Crippen molar-refractivity contribution in [3.05, 3.63) is 102 Å². The fourth-order valence-electron chi connectivity index (χ4n) is 5.20. The predicted octanol–water partition coefficient (Wildman–Crippen LogP) is 8.59. The lowest BCUT2D eigenvalue weighted by atomic mass is 9.88. The number of hydrogen-bond acceptors (Lipinski definition) is 6. The van der Waals surface area contributed by atoms with Crippen LogP contribution in [-0.2, 0) is 24.4 Å². The van der Waals surface area contributed by atoms with Crippen LogP contribution in [-0.4, -0.2) is 37.5 Å². The number of fused-ring (bicyclic) bond motifs is 1. The van der Waals surface area contributed by atoms with E-state index in [0.717, 1.165) is 55.2 Å². The van der Waals surface area contributed by atoms with Crippen molar-refractivity contribution in [2.75, 3.05) is 7.11 Å². The average molecular weight is 624 g/mol. The lowest BCUT2D eigenvalue weighted by molar-refractivity contribution is -0.146. The zero-order valence-corrected chi connectivity index (χ0v) is 27.9. The second-order valence-electron chi connectivity index (χ2n) is 13.0. The molecule has 0 saturated carbocycles. The van der Waals surface area contributed by atoms with Gasteiger partial charge in [-0.2, -0.15) is 0 Å². The first-order valence-electron chi connectivity index (χ1n) is 15.0. The number of carboxylic acid groups (broad SMARTS) is 1. The van der Waals surface area contributed by atoms with E-state index < -0.39 is 11.4 Å². The number of pyridine rings is 2. The van der Waals surface area contributed by atoms with Crippen LogP contribution in [0.15, 0.2) is 84.0 Å². The standard InChI is InChI=1S/C37H41N3O4S/c1-24-10-15-27(39-21-24)23-44-28-16-17-31-30(19-28)33(45-36(2,3)4)32(20-37(5,6)35(41)42)40(31)22-25-11-13-26(14-12-25)29-9-8-18-38-34(29)43-7/h8-19,21H,20,22-23H2,1-7H3,(H,41,42). The molecule has 0 fully saturated rings. The van der Waals surface area contributed by atoms with Crippen LogP contribution in [0, 0.1) is 12.3 Å². The first-order valence-corrected chi connectivity index (χ1v) is 15.9. The number of methoxy groups -OCH3 is 1. The van der Waals surface area contributed by atoms with Gasteiger partial charge in [-0.15, -0.1) is 11.8 Å². The lowest BCUT2D eigenvalue weighted by Crippen LogP contribution is -2.28. The largest absolute Gasteiger partial charge is 0.487 e. The third kappa shape index (κ3) is 7.51. The Bertz CT molecular complexity index is 1800. The first-order chi connectivity index (χ1) is 21.3. The number of nitrogens with zero attached hydrogens (tertiary/aromatic N) is 3. The summed E-state index contributed by atoms with van der Waals surface area (Å²) in [6.45, 7) is 13.1. The molecule has 0 aliphatic carbocycles. The molecule has 0 amide bonds. The number of rotatable bonds is 11. The van der Waals surface area contributed by atoms with E-state index in [0.29, 0.717) is 25.5 Å². The van der Waals surface area contributed by atoms with Gasteiger partial charge in [-0.3, -0.25) is 9.78 Å². The summed E-state index contributed by atoms with van der Waals surface area (Å²) in [7, 11) is 1.63. The number of hydrogen-bond donors (Lipinski definition) is 1. The van der Waals surface area contributed by atoms with Crippen LogP contribution < -0.4 is 9.47 Å². The molecular weight excluding hydrogens is 582 g/mol. The van der Waals surface area contributed by atoms with Crippen LogP contribution in [0.25, 0.3) is 22.0 Å². The van der Waals surface area contributed by atoms with Gasteiger partial charge in [0, 0.05) is 57.2 Å². The Hall–Kier alpha value is -4.30. The van der Waals surface area contributed by atoms with Crippen LogP contribution >= 0.6 is 11.8 Å². The third-order valence-corrected chi connectivity index (χ3v) is 8.89. The van der Waals surface area contributed by atoms with Crippen molar-refractivity contribution in [3.63, 3.8) is 0 Å². The smallest absolute Gasteiger partial charge is 0.309 e. The molecule has 0 aliphatic heterocycles. The summed E-state index contributed by atoms with van der Waals surface area (Å²) in [6.07, 6.45) is 3.94. The molecule has 3 aromatic heterocycles. The molecule has 7 nitrogen and oxygen atoms in total. The molecule has 0 saturated heterocycles. The number of aromatic nitrogens is 3. The number of ether oxygens (including phenoxy) is 2. The van der Waals surface area contributed by atoms with E-state index in [9.17, 15) is 9.90 Å². The monoisotopic (exact) mass is 623 g/mol. The summed E-state index contributed by atoms with van der Waals surface area (Å²) in [5.74, 6) is 0.506. The number of benzene rings is 2. The Morgan fingerprint density at radius 1 is 0.978 bits per heavy atom. The van der Waals surface area contributed by atoms with Crippen molar-refractivity contribution >= 4 is 28.6 Å². The second-order valence-corrected chi connectivity index (χ2v) is 14.8. The molecule has 2 aromatic carbocycles. The minimum atomic E-state index is -0.962. The highest BCUT2D eigenvalue weighted by molar-refractivity contribution is 8.00. The van der Waals surface area contributed by atoms with E-state index in [1.54, 1.807) is 38.9 Å². The van der Waals surface area contributed by atoms with Crippen LogP contribution in [0.5, 0.6) is 11.6 Å². The molecule has 0 bridgehead atoms. The lowest BCUT2D eigenvalue weighted by Gasteiger charge is -2.24. The quantitative estimate of drug-likeness (QED) is 0.148. The number of carboxylic acids is 1. The highest BCUT2D eigenvalue weighted by atomic mass is 32.2. The zero-order chi connectivity index (χ0) is 32.4. The first kappa shape index (κ1) is 32.1. The molecule has 0 radical (unpaired) electrons. The molecule has 0 spiro atoms. The van der Waals surface area contributed by atoms with Gasteiger partial charge in [0.05, 0.1) is 18.2 Å². The van der Waals surface area contributed by atoms with E-state index in [1.165, 1.54) is 0 Å². The maximum Gasteiger partial charge on any atom is 0.309 e. The molecular formula is C37H41N3O4S. The Kier molecular flexibility index (Phi) is 9.26. The van der Waals surface area contributed by atoms with Gasteiger partial charge >= 0.3 is 5.97 Å². The molecule has 45 heavy (non-hydrogen) atoms. The number of thioether (sulfide) groups is 1. The van der Waals surface area contributed by atoms with Gasteiger partial charge in [0.1, 0.15) is 12.4 Å². The molecule has 5 aromatic rings. The molecule has 0 atom stereocenters. The third-order valence-electron chi connectivity index (χ3n) is 7.62. The van der Waals surface area contributed by atoms with E-state index in [2.05, 4.69) is 71.7 Å². The SMILES string of the molecule is COc1ncccc1-c1ccc(Cn2c(CC(C)(C)C(=O)O)c(SC(C)(C)C)c3cc(OCc4ccc(C)cn4)ccc32)cc1. The molecule has 234 valence electrons. The molecule has 5 rings (SSSR count).